The zero-order chi connectivity index (χ0) is 20.6. The van der Waals surface area contributed by atoms with Gasteiger partial charge in [-0.2, -0.15) is 4.31 Å². The summed E-state index contributed by atoms with van der Waals surface area (Å²) in [7, 11) is -3.59. The van der Waals surface area contributed by atoms with Gasteiger partial charge in [-0.05, 0) is 38.1 Å². The first-order chi connectivity index (χ1) is 13.8. The molecule has 0 bridgehead atoms. The van der Waals surface area contributed by atoms with Gasteiger partial charge >= 0.3 is 0 Å². The van der Waals surface area contributed by atoms with E-state index in [-0.39, 0.29) is 17.1 Å². The zero-order valence-electron chi connectivity index (χ0n) is 16.1. The maximum atomic E-state index is 13.2. The van der Waals surface area contributed by atoms with E-state index in [1.807, 2.05) is 49.6 Å². The van der Waals surface area contributed by atoms with Crippen molar-refractivity contribution in [3.63, 3.8) is 0 Å². The predicted molar refractivity (Wildman–Crippen MR) is 117 cm³/mol. The van der Waals surface area contributed by atoms with Crippen molar-refractivity contribution in [3.05, 3.63) is 58.9 Å². The molecule has 0 spiro atoms. The topological polar surface area (TPSA) is 59.5 Å². The van der Waals surface area contributed by atoms with E-state index in [2.05, 4.69) is 4.98 Å². The Kier molecular flexibility index (Phi) is 5.77. The third-order valence-electron chi connectivity index (χ3n) is 4.75. The van der Waals surface area contributed by atoms with Crippen molar-refractivity contribution in [2.75, 3.05) is 13.1 Å². The predicted octanol–water partition coefficient (Wildman–Crippen LogP) is 4.93. The first-order valence-electron chi connectivity index (χ1n) is 9.30. The minimum Gasteiger partial charge on any atom is -0.373 e. The van der Waals surface area contributed by atoms with Gasteiger partial charge in [-0.15, -0.1) is 11.3 Å². The van der Waals surface area contributed by atoms with E-state index >= 15 is 0 Å². The van der Waals surface area contributed by atoms with Gasteiger partial charge < -0.3 is 4.74 Å². The Morgan fingerprint density at radius 3 is 2.45 bits per heavy atom. The van der Waals surface area contributed by atoms with E-state index in [1.165, 1.54) is 15.6 Å². The highest BCUT2D eigenvalue weighted by Gasteiger charge is 2.32. The second-order valence-electron chi connectivity index (χ2n) is 7.15. The van der Waals surface area contributed by atoms with E-state index in [0.717, 1.165) is 21.8 Å². The van der Waals surface area contributed by atoms with Crippen molar-refractivity contribution < 1.29 is 13.2 Å². The molecule has 0 saturated carbocycles. The lowest BCUT2D eigenvalue weighted by Crippen LogP contribution is -2.48. The van der Waals surface area contributed by atoms with Crippen LogP contribution in [-0.2, 0) is 14.8 Å². The molecule has 0 N–H and O–H groups in total. The summed E-state index contributed by atoms with van der Waals surface area (Å²) in [4.78, 5) is 4.96. The Hall–Kier alpha value is -1.77. The molecule has 1 aromatic heterocycles. The fourth-order valence-electron chi connectivity index (χ4n) is 3.42. The quantitative estimate of drug-likeness (QED) is 0.567. The van der Waals surface area contributed by atoms with Gasteiger partial charge in [0, 0.05) is 34.6 Å². The molecule has 2 aromatic carbocycles. The van der Waals surface area contributed by atoms with Crippen LogP contribution in [0.5, 0.6) is 0 Å². The van der Waals surface area contributed by atoms with Gasteiger partial charge in [0.05, 0.1) is 22.8 Å². The van der Waals surface area contributed by atoms with Gasteiger partial charge in [0.25, 0.3) is 0 Å². The number of hydrogen-bond donors (Lipinski definition) is 0. The minimum atomic E-state index is -3.59. The summed E-state index contributed by atoms with van der Waals surface area (Å²) in [5.74, 6) is 0. The fraction of sp³-hybridized carbons (Fsp3) is 0.286. The lowest BCUT2D eigenvalue weighted by atomic mass is 10.2. The van der Waals surface area contributed by atoms with Gasteiger partial charge in [0.2, 0.25) is 10.0 Å². The molecule has 4 rings (SSSR count). The van der Waals surface area contributed by atoms with Gasteiger partial charge in [0.1, 0.15) is 5.01 Å². The average Bonchev–Trinajstić information content (AvgIpc) is 3.18. The van der Waals surface area contributed by atoms with Crippen LogP contribution in [0.15, 0.2) is 58.8 Å². The van der Waals surface area contributed by atoms with Crippen LogP contribution in [0.4, 0.5) is 0 Å². The Morgan fingerprint density at radius 2 is 1.76 bits per heavy atom. The Bertz CT molecular complexity index is 1100. The maximum absolute atomic E-state index is 13.2. The number of hydrogen-bond acceptors (Lipinski definition) is 5. The molecule has 1 fully saturated rings. The molecule has 1 aliphatic heterocycles. The SMILES string of the molecule is C[C@@H]1CN(S(=O)(=O)c2cccc(-c3csc(-c4ccc(Cl)cc4)n3)c2)C[C@@H](C)O1. The van der Waals surface area contributed by atoms with Crippen LogP contribution in [0.25, 0.3) is 21.8 Å². The number of aromatic nitrogens is 1. The third kappa shape index (κ3) is 4.39. The van der Waals surface area contributed by atoms with Gasteiger partial charge in [-0.1, -0.05) is 35.9 Å². The van der Waals surface area contributed by atoms with Crippen molar-refractivity contribution in [1.29, 1.82) is 0 Å². The van der Waals surface area contributed by atoms with Gasteiger partial charge in [-0.25, -0.2) is 13.4 Å². The Morgan fingerprint density at radius 1 is 1.07 bits per heavy atom. The van der Waals surface area contributed by atoms with Crippen LogP contribution in [0.2, 0.25) is 5.02 Å². The number of halogens is 1. The summed E-state index contributed by atoms with van der Waals surface area (Å²) >= 11 is 7.47. The molecule has 152 valence electrons. The molecule has 1 aliphatic rings. The number of morpholine rings is 1. The molecule has 8 heteroatoms. The van der Waals surface area contributed by atoms with Crippen LogP contribution in [0.3, 0.4) is 0 Å². The van der Waals surface area contributed by atoms with Crippen LogP contribution in [0, 0.1) is 0 Å². The summed E-state index contributed by atoms with van der Waals surface area (Å²) in [6.07, 6.45) is -0.255. The number of nitrogens with zero attached hydrogens (tertiary/aromatic N) is 2. The molecule has 0 radical (unpaired) electrons. The Labute approximate surface area is 180 Å². The smallest absolute Gasteiger partial charge is 0.243 e. The van der Waals surface area contributed by atoms with Crippen molar-refractivity contribution in [2.45, 2.75) is 31.0 Å². The molecule has 0 amide bonds. The number of ether oxygens (including phenoxy) is 1. The summed E-state index contributed by atoms with van der Waals surface area (Å²) in [6.45, 7) is 4.49. The van der Waals surface area contributed by atoms with Crippen molar-refractivity contribution >= 4 is 33.0 Å². The molecular formula is C21H21ClN2O3S2. The lowest BCUT2D eigenvalue weighted by Gasteiger charge is -2.34. The molecule has 0 unspecified atom stereocenters. The molecule has 29 heavy (non-hydrogen) atoms. The first kappa shape index (κ1) is 20.5. The molecule has 3 aromatic rings. The lowest BCUT2D eigenvalue weighted by molar-refractivity contribution is -0.0440. The summed E-state index contributed by atoms with van der Waals surface area (Å²) in [5, 5.41) is 3.48. The van der Waals surface area contributed by atoms with Crippen molar-refractivity contribution in [2.24, 2.45) is 0 Å². The van der Waals surface area contributed by atoms with Crippen LogP contribution >= 0.6 is 22.9 Å². The number of sulfonamides is 1. The summed E-state index contributed by atoms with van der Waals surface area (Å²) in [5.41, 5.74) is 2.50. The van der Waals surface area contributed by atoms with Gasteiger partial charge in [-0.3, -0.25) is 0 Å². The van der Waals surface area contributed by atoms with E-state index in [4.69, 9.17) is 16.3 Å². The maximum Gasteiger partial charge on any atom is 0.243 e. The van der Waals surface area contributed by atoms with E-state index in [9.17, 15) is 8.42 Å². The largest absolute Gasteiger partial charge is 0.373 e. The Balaban J connectivity index is 1.63. The summed E-state index contributed by atoms with van der Waals surface area (Å²) < 4.78 is 33.5. The molecular weight excluding hydrogens is 428 g/mol. The third-order valence-corrected chi connectivity index (χ3v) is 7.72. The zero-order valence-corrected chi connectivity index (χ0v) is 18.5. The first-order valence-corrected chi connectivity index (χ1v) is 12.0. The molecule has 2 heterocycles. The second kappa shape index (κ2) is 8.16. The number of rotatable bonds is 4. The van der Waals surface area contributed by atoms with Crippen molar-refractivity contribution in [3.8, 4) is 21.8 Å². The van der Waals surface area contributed by atoms with E-state index in [0.29, 0.717) is 18.1 Å². The van der Waals surface area contributed by atoms with Crippen LogP contribution in [-0.4, -0.2) is 43.0 Å². The van der Waals surface area contributed by atoms with E-state index in [1.54, 1.807) is 18.2 Å². The van der Waals surface area contributed by atoms with E-state index < -0.39 is 10.0 Å². The second-order valence-corrected chi connectivity index (χ2v) is 10.4. The highest BCUT2D eigenvalue weighted by atomic mass is 35.5. The number of benzene rings is 2. The highest BCUT2D eigenvalue weighted by molar-refractivity contribution is 7.89. The normalized spacial score (nSPS) is 20.7. The molecule has 1 saturated heterocycles. The van der Waals surface area contributed by atoms with Crippen molar-refractivity contribution in [1.82, 2.24) is 9.29 Å². The highest BCUT2D eigenvalue weighted by Crippen LogP contribution is 2.31. The monoisotopic (exact) mass is 448 g/mol. The van der Waals surface area contributed by atoms with Crippen LogP contribution < -0.4 is 0 Å². The number of thiazole rings is 1. The average molecular weight is 449 g/mol. The minimum absolute atomic E-state index is 0.128. The molecule has 0 aliphatic carbocycles. The molecule has 2 atom stereocenters. The standard InChI is InChI=1S/C21H21ClN2O3S2/c1-14-11-24(12-15(2)27-14)29(25,26)19-5-3-4-17(10-19)20-13-28-21(23-20)16-6-8-18(22)9-7-16/h3-10,13-15H,11-12H2,1-2H3/t14-,15-/m1/s1. The fourth-order valence-corrected chi connectivity index (χ4v) is 6.02. The summed E-state index contributed by atoms with van der Waals surface area (Å²) in [6, 6.07) is 14.5. The van der Waals surface area contributed by atoms with Gasteiger partial charge in [0.15, 0.2) is 0 Å². The molecule has 5 nitrogen and oxygen atoms in total. The van der Waals surface area contributed by atoms with Crippen LogP contribution in [0.1, 0.15) is 13.8 Å².